The van der Waals surface area contributed by atoms with E-state index in [1.165, 1.54) is 63.1 Å². The van der Waals surface area contributed by atoms with Gasteiger partial charge >= 0.3 is 12.2 Å². The molecule has 6 aliphatic rings. The lowest BCUT2D eigenvalue weighted by Crippen LogP contribution is -2.41. The summed E-state index contributed by atoms with van der Waals surface area (Å²) in [7, 11) is 0. The zero-order valence-corrected chi connectivity index (χ0v) is 41.3. The average molecular weight is 960 g/mol. The summed E-state index contributed by atoms with van der Waals surface area (Å²) >= 11 is 3.46. The highest BCUT2D eigenvalue weighted by molar-refractivity contribution is 9.09. The number of unbranched alkanes of at least 4 members (excludes halogenated alkanes) is 3. The molecule has 0 aromatic carbocycles. The zero-order valence-electron chi connectivity index (χ0n) is 39.7. The van der Waals surface area contributed by atoms with Gasteiger partial charge in [0, 0.05) is 44.6 Å². The maximum atomic E-state index is 12.0. The highest BCUT2D eigenvalue weighted by Crippen LogP contribution is 2.26. The molecular formula is C46H83BrN6O10. The molecular weight excluding hydrogens is 876 g/mol. The molecule has 0 saturated carbocycles. The van der Waals surface area contributed by atoms with E-state index in [0.29, 0.717) is 51.5 Å². The molecule has 16 nitrogen and oxygen atoms in total. The molecule has 6 aliphatic heterocycles. The Hall–Kier alpha value is -2.73. The van der Waals surface area contributed by atoms with Gasteiger partial charge in [0.05, 0.1) is 39.1 Å². The lowest BCUT2D eigenvalue weighted by atomic mass is 9.92. The second-order valence-electron chi connectivity index (χ2n) is 19.5. The van der Waals surface area contributed by atoms with Gasteiger partial charge in [-0.25, -0.2) is 25.2 Å². The Morgan fingerprint density at radius 2 is 1.02 bits per heavy atom. The number of rotatable bonds is 14. The van der Waals surface area contributed by atoms with Gasteiger partial charge in [-0.3, -0.25) is 28.9 Å². The van der Waals surface area contributed by atoms with Crippen LogP contribution in [0.3, 0.4) is 0 Å². The molecule has 0 bridgehead atoms. The van der Waals surface area contributed by atoms with E-state index in [9.17, 15) is 24.0 Å². The molecule has 364 valence electrons. The monoisotopic (exact) mass is 959 g/mol. The number of nitrogens with one attached hydrogen (secondary N) is 2. The fourth-order valence-corrected chi connectivity index (χ4v) is 8.52. The van der Waals surface area contributed by atoms with Crippen LogP contribution < -0.4 is 10.8 Å². The third kappa shape index (κ3) is 24.4. The topological polar surface area (TPSA) is 169 Å². The first kappa shape index (κ1) is 54.6. The number of hydroxylamine groups is 5. The Balaban J connectivity index is 0.000000238. The quantitative estimate of drug-likeness (QED) is 0.128. The van der Waals surface area contributed by atoms with Gasteiger partial charge in [-0.05, 0) is 130 Å². The third-order valence-corrected chi connectivity index (χ3v) is 12.3. The molecule has 5 amide bonds. The van der Waals surface area contributed by atoms with E-state index in [-0.39, 0.29) is 35.5 Å². The molecule has 0 atom stereocenters. The van der Waals surface area contributed by atoms with Gasteiger partial charge in [-0.2, -0.15) is 0 Å². The van der Waals surface area contributed by atoms with Crippen LogP contribution in [0.5, 0.6) is 0 Å². The molecule has 6 saturated heterocycles. The van der Waals surface area contributed by atoms with Crippen LogP contribution in [0.4, 0.5) is 9.59 Å². The summed E-state index contributed by atoms with van der Waals surface area (Å²) < 4.78 is 10.8. The summed E-state index contributed by atoms with van der Waals surface area (Å²) in [5, 5.41) is 7.53. The number of carbonyl (C=O) groups is 5. The molecule has 6 heterocycles. The second-order valence-corrected chi connectivity index (χ2v) is 20.3. The Morgan fingerprint density at radius 3 is 1.33 bits per heavy atom. The van der Waals surface area contributed by atoms with Crippen molar-refractivity contribution in [1.29, 1.82) is 0 Å². The average Bonchev–Trinajstić information content (AvgIpc) is 4.01. The smallest absolute Gasteiger partial charge is 0.410 e. The summed E-state index contributed by atoms with van der Waals surface area (Å²) in [5.74, 6) is 2.61. The molecule has 17 heteroatoms. The van der Waals surface area contributed by atoms with Crippen LogP contribution in [-0.2, 0) is 38.4 Å². The first-order valence-corrected chi connectivity index (χ1v) is 25.1. The summed E-state index contributed by atoms with van der Waals surface area (Å²) in [6, 6.07) is 0. The minimum atomic E-state index is -0.428. The molecule has 0 aromatic rings. The Kier molecular flexibility index (Phi) is 25.8. The minimum absolute atomic E-state index is 0.0185. The molecule has 2 N–H and O–H groups in total. The van der Waals surface area contributed by atoms with Crippen molar-refractivity contribution in [2.75, 3.05) is 77.5 Å². The van der Waals surface area contributed by atoms with Gasteiger partial charge in [0.25, 0.3) is 0 Å². The molecule has 0 aromatic heterocycles. The van der Waals surface area contributed by atoms with Crippen LogP contribution >= 0.6 is 15.9 Å². The number of carbonyl (C=O) groups excluding carboxylic acids is 5. The van der Waals surface area contributed by atoms with Crippen molar-refractivity contribution in [3.8, 4) is 0 Å². The number of ether oxygens (including phenoxy) is 2. The number of piperidine rings is 3. The van der Waals surface area contributed by atoms with E-state index in [4.69, 9.17) is 19.1 Å². The van der Waals surface area contributed by atoms with Crippen molar-refractivity contribution in [2.45, 2.75) is 168 Å². The Bertz CT molecular complexity index is 1330. The highest BCUT2D eigenvalue weighted by atomic mass is 79.9. The van der Waals surface area contributed by atoms with Crippen molar-refractivity contribution in [1.82, 2.24) is 30.7 Å². The van der Waals surface area contributed by atoms with E-state index in [2.05, 4.69) is 31.6 Å². The normalized spacial score (nSPS) is 20.3. The summed E-state index contributed by atoms with van der Waals surface area (Å²) in [6.07, 6.45) is 18.9. The first-order chi connectivity index (χ1) is 30.0. The lowest BCUT2D eigenvalue weighted by Gasteiger charge is -2.33. The van der Waals surface area contributed by atoms with Crippen LogP contribution in [0.2, 0.25) is 0 Å². The van der Waals surface area contributed by atoms with Gasteiger partial charge in [-0.15, -0.1) is 0 Å². The van der Waals surface area contributed by atoms with Crippen LogP contribution in [0.25, 0.3) is 0 Å². The largest absolute Gasteiger partial charge is 0.444 e. The standard InChI is InChI=1S/C17H30N2O4.C14H26BrNO2.C12H22N2O2.C3H5NO2/c1-17(2,3)23-16(21)18-11-7-14(8-12-18)6-4-5-10-19-15(20)9-13-22-19;1-14(2,3)18-13(17)16-10-7-12(8-11-16)6-4-5-9-15;15-12-6-10-16-14(12)9-2-1-3-11-4-7-13-8-5-11;5-3-1-2-6-4-3/h14H,4-13H2,1-3H3;12H,4-11H2,1-3H3;11,13H,1-10H2;1-2H2,(H,4,5). The minimum Gasteiger partial charge on any atom is -0.444 e. The summed E-state index contributed by atoms with van der Waals surface area (Å²) in [5.41, 5.74) is 1.37. The number of hydrogen-bond acceptors (Lipinski definition) is 11. The van der Waals surface area contributed by atoms with Gasteiger partial charge < -0.3 is 24.6 Å². The van der Waals surface area contributed by atoms with Gasteiger partial charge in [0.15, 0.2) is 0 Å². The highest BCUT2D eigenvalue weighted by Gasteiger charge is 2.29. The van der Waals surface area contributed by atoms with Crippen molar-refractivity contribution >= 4 is 45.8 Å². The van der Waals surface area contributed by atoms with E-state index in [1.54, 1.807) is 5.06 Å². The molecule has 0 aliphatic carbocycles. The SMILES string of the molecule is CC(C)(C)OC(=O)N1CCC(CCCCBr)CC1.CC(C)(C)OC(=O)N1CCC(CCCCN2OCCC2=O)CC1.O=C1CCON1.O=C1CCON1CCCCC1CCNCC1. The van der Waals surface area contributed by atoms with Gasteiger partial charge in [0.2, 0.25) is 17.7 Å². The van der Waals surface area contributed by atoms with E-state index in [0.717, 1.165) is 101 Å². The predicted octanol–water partition coefficient (Wildman–Crippen LogP) is 7.92. The molecule has 0 unspecified atom stereocenters. The molecule has 6 rings (SSSR count). The van der Waals surface area contributed by atoms with Gasteiger partial charge in [0.1, 0.15) is 11.2 Å². The molecule has 0 radical (unpaired) electrons. The molecule has 63 heavy (non-hydrogen) atoms. The predicted molar refractivity (Wildman–Crippen MR) is 245 cm³/mol. The van der Waals surface area contributed by atoms with Crippen molar-refractivity contribution in [2.24, 2.45) is 17.8 Å². The van der Waals surface area contributed by atoms with Crippen molar-refractivity contribution < 1.29 is 48.0 Å². The zero-order chi connectivity index (χ0) is 46.1. The number of hydrogen-bond donors (Lipinski definition) is 2. The fourth-order valence-electron chi connectivity index (χ4n) is 8.12. The number of alkyl halides is 1. The number of nitrogens with zero attached hydrogens (tertiary/aromatic N) is 4. The van der Waals surface area contributed by atoms with E-state index < -0.39 is 5.60 Å². The van der Waals surface area contributed by atoms with E-state index in [1.807, 2.05) is 51.3 Å². The first-order valence-electron chi connectivity index (χ1n) is 24.0. The number of likely N-dealkylation sites (tertiary alicyclic amines) is 2. The summed E-state index contributed by atoms with van der Waals surface area (Å²) in [6.45, 7) is 20.2. The maximum absolute atomic E-state index is 12.0. The fraction of sp³-hybridized carbons (Fsp3) is 0.891. The number of halogens is 1. The Morgan fingerprint density at radius 1 is 0.603 bits per heavy atom. The lowest BCUT2D eigenvalue weighted by molar-refractivity contribution is -0.162. The van der Waals surface area contributed by atoms with Gasteiger partial charge in [-0.1, -0.05) is 54.5 Å². The second kappa shape index (κ2) is 29.7. The van der Waals surface area contributed by atoms with Crippen LogP contribution in [0.1, 0.15) is 157 Å². The maximum Gasteiger partial charge on any atom is 0.410 e. The van der Waals surface area contributed by atoms with E-state index >= 15 is 0 Å². The Labute approximate surface area is 386 Å². The molecule has 6 fully saturated rings. The van der Waals surface area contributed by atoms with Crippen LogP contribution in [0, 0.1) is 17.8 Å². The summed E-state index contributed by atoms with van der Waals surface area (Å²) in [4.78, 5) is 75.2. The van der Waals surface area contributed by atoms with Crippen molar-refractivity contribution in [3.63, 3.8) is 0 Å². The molecule has 0 spiro atoms. The third-order valence-electron chi connectivity index (χ3n) is 11.7. The number of amides is 5. The van der Waals surface area contributed by atoms with Crippen LogP contribution in [0.15, 0.2) is 0 Å². The van der Waals surface area contributed by atoms with Crippen molar-refractivity contribution in [3.05, 3.63) is 0 Å². The van der Waals surface area contributed by atoms with Crippen LogP contribution in [-0.4, -0.2) is 139 Å².